The smallest absolute Gasteiger partial charge is 0.328 e. The third-order valence-electron chi connectivity index (χ3n) is 3.97. The molecule has 0 fully saturated rings. The molecule has 0 amide bonds. The number of hydrogen-bond acceptors (Lipinski definition) is 2. The molecule has 1 aliphatic rings. The molecule has 0 N–H and O–H groups in total. The molecule has 0 radical (unpaired) electrons. The van der Waals surface area contributed by atoms with Crippen molar-refractivity contribution in [1.29, 1.82) is 0 Å². The lowest BCUT2D eigenvalue weighted by atomic mass is 9.89. The van der Waals surface area contributed by atoms with Crippen molar-refractivity contribution in [2.45, 2.75) is 12.8 Å². The third-order valence-corrected chi connectivity index (χ3v) is 3.97. The van der Waals surface area contributed by atoms with Crippen LogP contribution in [0.1, 0.15) is 11.1 Å². The van der Waals surface area contributed by atoms with Crippen LogP contribution in [0.2, 0.25) is 0 Å². The number of pyridine rings is 1. The molecule has 4 heteroatoms. The van der Waals surface area contributed by atoms with E-state index in [9.17, 15) is 0 Å². The highest BCUT2D eigenvalue weighted by molar-refractivity contribution is 5.68. The molecule has 0 bridgehead atoms. The molecule has 106 valence electrons. The Morgan fingerprint density at radius 2 is 1.95 bits per heavy atom. The fourth-order valence-electron chi connectivity index (χ4n) is 2.98. The number of fused-ring (bicyclic) bond motifs is 5. The van der Waals surface area contributed by atoms with Gasteiger partial charge in [-0.1, -0.05) is 6.07 Å². The van der Waals surface area contributed by atoms with Gasteiger partial charge in [-0.3, -0.25) is 0 Å². The summed E-state index contributed by atoms with van der Waals surface area (Å²) in [6.07, 6.45) is 6.17. The molecule has 0 spiro atoms. The van der Waals surface area contributed by atoms with E-state index in [0.29, 0.717) is 0 Å². The molecule has 21 heavy (non-hydrogen) atoms. The summed E-state index contributed by atoms with van der Waals surface area (Å²) in [6, 6.07) is 12.4. The number of ether oxygens (including phenoxy) is 1. The summed E-state index contributed by atoms with van der Waals surface area (Å²) in [4.78, 5) is 4.54. The maximum atomic E-state index is 5.34. The van der Waals surface area contributed by atoms with Gasteiger partial charge in [0, 0.05) is 17.2 Å². The average Bonchev–Trinajstić information content (AvgIpc) is 2.53. The van der Waals surface area contributed by atoms with Crippen molar-refractivity contribution in [1.82, 2.24) is 4.98 Å². The maximum Gasteiger partial charge on any atom is 0.328 e. The van der Waals surface area contributed by atoms with Crippen LogP contribution in [0.15, 0.2) is 48.8 Å². The minimum Gasteiger partial charge on any atom is -1.00 e. The quantitative estimate of drug-likeness (QED) is 0.562. The summed E-state index contributed by atoms with van der Waals surface area (Å²) in [6.45, 7) is 0. The Hall–Kier alpha value is -1.94. The van der Waals surface area contributed by atoms with Gasteiger partial charge in [0.25, 0.3) is 0 Å². The first-order chi connectivity index (χ1) is 9.86. The first-order valence-corrected chi connectivity index (χ1v) is 6.82. The molecule has 2 heterocycles. The van der Waals surface area contributed by atoms with Crippen molar-refractivity contribution in [3.8, 4) is 17.0 Å². The minimum absolute atomic E-state index is 0. The number of halogens is 1. The van der Waals surface area contributed by atoms with Crippen LogP contribution in [-0.2, 0) is 12.8 Å². The highest BCUT2D eigenvalue weighted by atomic mass is 79.9. The van der Waals surface area contributed by atoms with Crippen molar-refractivity contribution in [3.63, 3.8) is 0 Å². The van der Waals surface area contributed by atoms with Crippen LogP contribution >= 0.6 is 0 Å². The van der Waals surface area contributed by atoms with Crippen molar-refractivity contribution >= 4 is 5.65 Å². The van der Waals surface area contributed by atoms with E-state index < -0.39 is 0 Å². The first-order valence-electron chi connectivity index (χ1n) is 6.82. The Bertz CT molecular complexity index is 817. The Balaban J connectivity index is 0.00000132. The molecule has 3 nitrogen and oxygen atoms in total. The standard InChI is InChI=1S/C17H15N2O.BrH/c1-20-14-7-8-15-12(10-14)5-6-13-11-18-16-4-2-3-9-19(16)17(13)15;/h2-4,7-11H,5-6H2,1H3;1H/q+1;/p-1. The van der Waals surface area contributed by atoms with Gasteiger partial charge >= 0.3 is 5.65 Å². The summed E-state index contributed by atoms with van der Waals surface area (Å²) in [5.41, 5.74) is 6.19. The van der Waals surface area contributed by atoms with E-state index in [0.717, 1.165) is 24.2 Å². The molecule has 0 unspecified atom stereocenters. The molecule has 4 rings (SSSR count). The van der Waals surface area contributed by atoms with Crippen LogP contribution in [0.3, 0.4) is 0 Å². The number of methoxy groups -OCH3 is 1. The van der Waals surface area contributed by atoms with Gasteiger partial charge in [0.2, 0.25) is 0 Å². The maximum absolute atomic E-state index is 5.34. The van der Waals surface area contributed by atoms with E-state index in [1.165, 1.54) is 22.4 Å². The second-order valence-electron chi connectivity index (χ2n) is 5.08. The third kappa shape index (κ3) is 2.20. The van der Waals surface area contributed by atoms with Crippen LogP contribution < -0.4 is 26.1 Å². The van der Waals surface area contributed by atoms with Gasteiger partial charge in [-0.25, -0.2) is 0 Å². The zero-order valence-electron chi connectivity index (χ0n) is 11.7. The largest absolute Gasteiger partial charge is 1.00 e. The van der Waals surface area contributed by atoms with Crippen molar-refractivity contribution in [2.75, 3.05) is 7.11 Å². The Morgan fingerprint density at radius 1 is 1.10 bits per heavy atom. The second-order valence-corrected chi connectivity index (χ2v) is 5.08. The van der Waals surface area contributed by atoms with Gasteiger partial charge in [-0.15, -0.1) is 0 Å². The van der Waals surface area contributed by atoms with Crippen molar-refractivity contribution in [2.24, 2.45) is 0 Å². The van der Waals surface area contributed by atoms with Crippen molar-refractivity contribution < 1.29 is 26.1 Å². The van der Waals surface area contributed by atoms with Gasteiger partial charge < -0.3 is 21.7 Å². The topological polar surface area (TPSA) is 26.2 Å². The Labute approximate surface area is 134 Å². The molecule has 3 aromatic rings. The molecule has 1 aliphatic carbocycles. The summed E-state index contributed by atoms with van der Waals surface area (Å²) in [7, 11) is 1.71. The van der Waals surface area contributed by atoms with E-state index in [1.807, 2.05) is 30.5 Å². The van der Waals surface area contributed by atoms with Gasteiger partial charge in [-0.05, 0) is 47.7 Å². The summed E-state index contributed by atoms with van der Waals surface area (Å²) in [5, 5.41) is 0. The van der Waals surface area contributed by atoms with Crippen LogP contribution in [0.25, 0.3) is 16.9 Å². The first kappa shape index (κ1) is 14.0. The second kappa shape index (κ2) is 5.45. The molecule has 0 saturated heterocycles. The number of benzene rings is 1. The lowest BCUT2D eigenvalue weighted by molar-refractivity contribution is -0.503. The van der Waals surface area contributed by atoms with E-state index in [2.05, 4.69) is 27.7 Å². The fourth-order valence-corrected chi connectivity index (χ4v) is 2.98. The zero-order chi connectivity index (χ0) is 13.5. The van der Waals surface area contributed by atoms with Crippen LogP contribution in [0.5, 0.6) is 5.75 Å². The van der Waals surface area contributed by atoms with E-state index >= 15 is 0 Å². The zero-order valence-corrected chi connectivity index (χ0v) is 13.3. The summed E-state index contributed by atoms with van der Waals surface area (Å²) in [5.74, 6) is 0.926. The predicted molar refractivity (Wildman–Crippen MR) is 76.8 cm³/mol. The summed E-state index contributed by atoms with van der Waals surface area (Å²) >= 11 is 0. The molecule has 0 saturated carbocycles. The number of nitrogens with zero attached hydrogens (tertiary/aromatic N) is 2. The summed E-state index contributed by atoms with van der Waals surface area (Å²) < 4.78 is 7.52. The molecule has 2 aromatic heterocycles. The van der Waals surface area contributed by atoms with E-state index in [4.69, 9.17) is 4.74 Å². The number of rotatable bonds is 1. The number of aromatic nitrogens is 2. The highest BCUT2D eigenvalue weighted by Gasteiger charge is 2.24. The highest BCUT2D eigenvalue weighted by Crippen LogP contribution is 2.33. The van der Waals surface area contributed by atoms with Gasteiger partial charge in [-0.2, -0.15) is 4.40 Å². The van der Waals surface area contributed by atoms with Gasteiger partial charge in [0.05, 0.1) is 13.3 Å². The van der Waals surface area contributed by atoms with Gasteiger partial charge in [0.15, 0.2) is 0 Å². The molecular formula is C17H15BrN2O. The molecule has 0 aliphatic heterocycles. The fraction of sp³-hybridized carbons (Fsp3) is 0.176. The normalized spacial score (nSPS) is 12.2. The van der Waals surface area contributed by atoms with E-state index in [-0.39, 0.29) is 17.0 Å². The molecule has 0 atom stereocenters. The SMILES string of the molecule is COc1ccc2c(c1)CCc1cnc3cccc[n+]3c1-2.[Br-]. The predicted octanol–water partition coefficient (Wildman–Crippen LogP) is -0.401. The number of aryl methyl sites for hydroxylation is 2. The van der Waals surface area contributed by atoms with Crippen molar-refractivity contribution in [3.05, 3.63) is 59.9 Å². The van der Waals surface area contributed by atoms with Crippen LogP contribution in [0.4, 0.5) is 0 Å². The average molecular weight is 343 g/mol. The lowest BCUT2D eigenvalue weighted by Crippen LogP contribution is -3.00. The van der Waals surface area contributed by atoms with Crippen LogP contribution in [-0.4, -0.2) is 12.1 Å². The monoisotopic (exact) mass is 342 g/mol. The van der Waals surface area contributed by atoms with Gasteiger partial charge in [0.1, 0.15) is 17.6 Å². The van der Waals surface area contributed by atoms with E-state index in [1.54, 1.807) is 7.11 Å². The molecule has 1 aromatic carbocycles. The Morgan fingerprint density at radius 3 is 2.81 bits per heavy atom. The molecular weight excluding hydrogens is 328 g/mol. The Kier molecular flexibility index (Phi) is 3.64. The van der Waals surface area contributed by atoms with Crippen LogP contribution in [0, 0.1) is 0 Å². The minimum atomic E-state index is 0. The lowest BCUT2D eigenvalue weighted by Gasteiger charge is -2.18. The number of hydrogen-bond donors (Lipinski definition) is 0.